The normalized spacial score (nSPS) is 12.9. The molecular weight excluding hydrogens is 456 g/mol. The van der Waals surface area contributed by atoms with Crippen LogP contribution in [0.25, 0.3) is 0 Å². The van der Waals surface area contributed by atoms with Gasteiger partial charge >= 0.3 is 0 Å². The van der Waals surface area contributed by atoms with Crippen LogP contribution in [0.1, 0.15) is 39.1 Å². The SMILES string of the molecule is O=C(NC(c1ccccc1F)C(/N=C\c1ccccc1F)c1ccccc1F)c1ccccc1F. The zero-order valence-electron chi connectivity index (χ0n) is 18.3. The Morgan fingerprint density at radius 3 is 1.77 bits per heavy atom. The molecule has 0 aliphatic carbocycles. The van der Waals surface area contributed by atoms with Crippen molar-refractivity contribution < 1.29 is 22.4 Å². The number of nitrogens with one attached hydrogen (secondary N) is 1. The van der Waals surface area contributed by atoms with Crippen LogP contribution < -0.4 is 5.32 Å². The van der Waals surface area contributed by atoms with Crippen LogP contribution in [-0.4, -0.2) is 12.1 Å². The molecule has 4 aromatic rings. The number of hydrogen-bond donors (Lipinski definition) is 1. The maximum Gasteiger partial charge on any atom is 0.254 e. The van der Waals surface area contributed by atoms with E-state index in [-0.39, 0.29) is 22.3 Å². The fraction of sp³-hybridized carbons (Fsp3) is 0.0714. The highest BCUT2D eigenvalue weighted by atomic mass is 19.1. The van der Waals surface area contributed by atoms with E-state index in [1.54, 1.807) is 18.2 Å². The lowest BCUT2D eigenvalue weighted by molar-refractivity contribution is 0.0925. The van der Waals surface area contributed by atoms with E-state index < -0.39 is 41.3 Å². The molecule has 1 N–H and O–H groups in total. The molecule has 0 bridgehead atoms. The van der Waals surface area contributed by atoms with Crippen molar-refractivity contribution in [2.75, 3.05) is 0 Å². The molecule has 0 aliphatic heterocycles. The topological polar surface area (TPSA) is 41.5 Å². The highest BCUT2D eigenvalue weighted by Gasteiger charge is 2.31. The summed E-state index contributed by atoms with van der Waals surface area (Å²) in [5.41, 5.74) is -0.0842. The summed E-state index contributed by atoms with van der Waals surface area (Å²) in [4.78, 5) is 17.4. The number of amides is 1. The number of hydrogen-bond acceptors (Lipinski definition) is 2. The van der Waals surface area contributed by atoms with Gasteiger partial charge in [-0.2, -0.15) is 0 Å². The second-order valence-electron chi connectivity index (χ2n) is 7.72. The molecule has 4 aromatic carbocycles. The Kier molecular flexibility index (Phi) is 7.35. The fourth-order valence-electron chi connectivity index (χ4n) is 3.72. The molecular formula is C28H20F4N2O. The highest BCUT2D eigenvalue weighted by molar-refractivity contribution is 5.94. The predicted octanol–water partition coefficient (Wildman–Crippen LogP) is 6.57. The number of benzene rings is 4. The third kappa shape index (κ3) is 5.46. The largest absolute Gasteiger partial charge is 0.342 e. The van der Waals surface area contributed by atoms with Crippen molar-refractivity contribution >= 4 is 12.1 Å². The first kappa shape index (κ1) is 23.9. The number of rotatable bonds is 7. The molecule has 2 atom stereocenters. The zero-order valence-corrected chi connectivity index (χ0v) is 18.3. The Labute approximate surface area is 199 Å². The van der Waals surface area contributed by atoms with Gasteiger partial charge in [-0.25, -0.2) is 17.6 Å². The van der Waals surface area contributed by atoms with Crippen molar-refractivity contribution in [1.82, 2.24) is 5.32 Å². The molecule has 0 saturated heterocycles. The van der Waals surface area contributed by atoms with E-state index in [4.69, 9.17) is 0 Å². The maximum absolute atomic E-state index is 14.9. The summed E-state index contributed by atoms with van der Waals surface area (Å²) in [7, 11) is 0. The second-order valence-corrected chi connectivity index (χ2v) is 7.72. The lowest BCUT2D eigenvalue weighted by Gasteiger charge is -2.27. The van der Waals surface area contributed by atoms with Gasteiger partial charge in [0.05, 0.1) is 11.6 Å². The van der Waals surface area contributed by atoms with Crippen LogP contribution in [0.2, 0.25) is 0 Å². The minimum atomic E-state index is -1.25. The number of nitrogens with zero attached hydrogens (tertiary/aromatic N) is 1. The van der Waals surface area contributed by atoms with E-state index in [0.29, 0.717) is 0 Å². The van der Waals surface area contributed by atoms with Crippen LogP contribution in [0.4, 0.5) is 17.6 Å². The number of aliphatic imine (C=N–C) groups is 1. The average Bonchev–Trinajstić information content (AvgIpc) is 2.86. The van der Waals surface area contributed by atoms with E-state index in [2.05, 4.69) is 10.3 Å². The van der Waals surface area contributed by atoms with Gasteiger partial charge in [0.25, 0.3) is 5.91 Å². The molecule has 0 aliphatic rings. The number of carbonyl (C=O) groups is 1. The summed E-state index contributed by atoms with van der Waals surface area (Å²) in [6, 6.07) is 20.1. The van der Waals surface area contributed by atoms with Gasteiger partial charge in [0.1, 0.15) is 29.3 Å². The van der Waals surface area contributed by atoms with Gasteiger partial charge in [0, 0.05) is 22.9 Å². The van der Waals surface area contributed by atoms with Crippen molar-refractivity contribution in [3.63, 3.8) is 0 Å². The molecule has 0 aromatic heterocycles. The molecule has 3 nitrogen and oxygen atoms in total. The Balaban J connectivity index is 1.85. The molecule has 0 spiro atoms. The number of halogens is 4. The van der Waals surface area contributed by atoms with Crippen molar-refractivity contribution in [1.29, 1.82) is 0 Å². The molecule has 0 saturated carbocycles. The molecule has 0 fully saturated rings. The third-order valence-corrected chi connectivity index (χ3v) is 5.46. The molecule has 1 amide bonds. The molecule has 0 heterocycles. The molecule has 0 radical (unpaired) electrons. The van der Waals surface area contributed by atoms with Crippen LogP contribution in [-0.2, 0) is 0 Å². The lowest BCUT2D eigenvalue weighted by atomic mass is 9.92. The van der Waals surface area contributed by atoms with E-state index in [1.165, 1.54) is 79.0 Å². The maximum atomic E-state index is 14.9. The Morgan fingerprint density at radius 1 is 0.657 bits per heavy atom. The van der Waals surface area contributed by atoms with Crippen molar-refractivity contribution in [2.45, 2.75) is 12.1 Å². The lowest BCUT2D eigenvalue weighted by Crippen LogP contribution is -2.33. The van der Waals surface area contributed by atoms with Crippen LogP contribution in [0.5, 0.6) is 0 Å². The Morgan fingerprint density at radius 2 is 1.17 bits per heavy atom. The second kappa shape index (κ2) is 10.8. The van der Waals surface area contributed by atoms with Crippen LogP contribution >= 0.6 is 0 Å². The quantitative estimate of drug-likeness (QED) is 0.238. The first-order valence-corrected chi connectivity index (χ1v) is 10.8. The zero-order chi connectivity index (χ0) is 24.8. The van der Waals surface area contributed by atoms with E-state index in [0.717, 1.165) is 6.07 Å². The fourth-order valence-corrected chi connectivity index (χ4v) is 3.72. The van der Waals surface area contributed by atoms with Gasteiger partial charge in [0.15, 0.2) is 0 Å². The molecule has 7 heteroatoms. The highest BCUT2D eigenvalue weighted by Crippen LogP contribution is 2.35. The third-order valence-electron chi connectivity index (χ3n) is 5.46. The predicted molar refractivity (Wildman–Crippen MR) is 126 cm³/mol. The summed E-state index contributed by atoms with van der Waals surface area (Å²) in [5, 5.41) is 2.61. The van der Waals surface area contributed by atoms with E-state index in [1.807, 2.05) is 0 Å². The minimum absolute atomic E-state index is 0.0103. The van der Waals surface area contributed by atoms with Crippen LogP contribution in [0.3, 0.4) is 0 Å². The van der Waals surface area contributed by atoms with E-state index in [9.17, 15) is 22.4 Å². The van der Waals surface area contributed by atoms with Gasteiger partial charge < -0.3 is 5.32 Å². The van der Waals surface area contributed by atoms with Crippen molar-refractivity contribution in [3.8, 4) is 0 Å². The van der Waals surface area contributed by atoms with Gasteiger partial charge in [-0.15, -0.1) is 0 Å². The Hall–Kier alpha value is -4.26. The smallest absolute Gasteiger partial charge is 0.254 e. The van der Waals surface area contributed by atoms with Gasteiger partial charge in [-0.05, 0) is 30.3 Å². The molecule has 4 rings (SSSR count). The summed E-state index contributed by atoms with van der Waals surface area (Å²) >= 11 is 0. The summed E-state index contributed by atoms with van der Waals surface area (Å²) < 4.78 is 58.4. The van der Waals surface area contributed by atoms with Gasteiger partial charge in [-0.3, -0.25) is 9.79 Å². The minimum Gasteiger partial charge on any atom is -0.342 e. The van der Waals surface area contributed by atoms with Crippen LogP contribution in [0, 0.1) is 23.3 Å². The molecule has 2 unspecified atom stereocenters. The number of carbonyl (C=O) groups excluding carboxylic acids is 1. The van der Waals surface area contributed by atoms with Crippen LogP contribution in [0.15, 0.2) is 102 Å². The first-order chi connectivity index (χ1) is 17.0. The summed E-state index contributed by atoms with van der Waals surface area (Å²) in [6.07, 6.45) is 1.20. The Bertz CT molecular complexity index is 1370. The molecule has 35 heavy (non-hydrogen) atoms. The first-order valence-electron chi connectivity index (χ1n) is 10.8. The summed E-state index contributed by atoms with van der Waals surface area (Å²) in [6.45, 7) is 0. The summed E-state index contributed by atoms with van der Waals surface area (Å²) in [5.74, 6) is -3.48. The monoisotopic (exact) mass is 476 g/mol. The van der Waals surface area contributed by atoms with Crippen molar-refractivity contribution in [3.05, 3.63) is 143 Å². The van der Waals surface area contributed by atoms with Gasteiger partial charge in [0.2, 0.25) is 0 Å². The average molecular weight is 476 g/mol. The van der Waals surface area contributed by atoms with Crippen molar-refractivity contribution in [2.24, 2.45) is 4.99 Å². The van der Waals surface area contributed by atoms with E-state index >= 15 is 0 Å². The van der Waals surface area contributed by atoms with Gasteiger partial charge in [-0.1, -0.05) is 66.7 Å². The standard InChI is InChI=1S/C28H20F4N2O/c29-22-13-5-1-9-18(22)17-33-26(19-10-2-6-14-23(19)30)27(20-11-3-7-15-24(20)31)34-28(35)21-12-4-8-16-25(21)32/h1-17,26-27H,(H,34,35)/b33-17-. The molecule has 176 valence electrons.